The molecule has 0 saturated heterocycles. The highest BCUT2D eigenvalue weighted by Gasteiger charge is 2.10. The topological polar surface area (TPSA) is 78.4 Å². The zero-order chi connectivity index (χ0) is 15.5. The third-order valence-corrected chi connectivity index (χ3v) is 4.37. The largest absolute Gasteiger partial charge is 0.505 e. The fourth-order valence-corrected chi connectivity index (χ4v) is 2.46. The van der Waals surface area contributed by atoms with Crippen LogP contribution in [-0.4, -0.2) is 20.6 Å². The Labute approximate surface area is 122 Å². The van der Waals surface area contributed by atoms with E-state index in [9.17, 15) is 12.8 Å². The average molecular weight is 310 g/mol. The molecule has 0 aliphatic heterocycles. The van der Waals surface area contributed by atoms with E-state index in [4.69, 9.17) is 5.11 Å². The van der Waals surface area contributed by atoms with Crippen molar-refractivity contribution in [3.63, 3.8) is 0 Å². The summed E-state index contributed by atoms with van der Waals surface area (Å²) in [5, 5.41) is 12.1. The molecule has 0 fully saturated rings. The first-order chi connectivity index (χ1) is 9.92. The normalized spacial score (nSPS) is 11.3. The van der Waals surface area contributed by atoms with Crippen LogP contribution in [-0.2, 0) is 16.6 Å². The second-order valence-electron chi connectivity index (χ2n) is 4.37. The lowest BCUT2D eigenvalue weighted by atomic mass is 10.2. The lowest BCUT2D eigenvalue weighted by Crippen LogP contribution is -2.18. The predicted molar refractivity (Wildman–Crippen MR) is 78.1 cm³/mol. The molecular weight excluding hydrogens is 295 g/mol. The van der Waals surface area contributed by atoms with E-state index in [1.54, 1.807) is 18.2 Å². The number of phenolic OH excluding ortho intramolecular Hbond substituents is 1. The molecule has 21 heavy (non-hydrogen) atoms. The summed E-state index contributed by atoms with van der Waals surface area (Å²) in [5.41, 5.74) is 1.37. The van der Waals surface area contributed by atoms with Gasteiger partial charge >= 0.3 is 0 Å². The third-order valence-electron chi connectivity index (χ3n) is 2.94. The molecule has 2 rings (SSSR count). The van der Waals surface area contributed by atoms with E-state index in [2.05, 4.69) is 10.0 Å². The maximum absolute atomic E-state index is 13.2. The number of sulfonamides is 1. The van der Waals surface area contributed by atoms with Crippen LogP contribution in [0.15, 0.2) is 47.4 Å². The Hall–Kier alpha value is -2.12. The first-order valence-corrected chi connectivity index (χ1v) is 7.65. The van der Waals surface area contributed by atoms with Crippen LogP contribution in [0, 0.1) is 5.82 Å². The molecule has 7 heteroatoms. The monoisotopic (exact) mass is 310 g/mol. The number of anilines is 1. The van der Waals surface area contributed by atoms with Crippen LogP contribution >= 0.6 is 0 Å². The lowest BCUT2D eigenvalue weighted by Gasteiger charge is -2.08. The van der Waals surface area contributed by atoms with Crippen LogP contribution in [0.3, 0.4) is 0 Å². The van der Waals surface area contributed by atoms with Crippen molar-refractivity contribution < 1.29 is 17.9 Å². The summed E-state index contributed by atoms with van der Waals surface area (Å²) in [4.78, 5) is 0.172. The van der Waals surface area contributed by atoms with E-state index in [1.807, 2.05) is 0 Å². The molecule has 0 aromatic heterocycles. The first-order valence-electron chi connectivity index (χ1n) is 6.17. The molecule has 0 aliphatic carbocycles. The van der Waals surface area contributed by atoms with Crippen molar-refractivity contribution in [1.82, 2.24) is 4.72 Å². The Morgan fingerprint density at radius 2 is 1.81 bits per heavy atom. The standard InChI is InChI=1S/C14H15FN2O3S/c1-16-21(19,20)12-5-3-11(4-6-12)17-9-10-2-7-14(18)13(15)8-10/h2-8,16-18H,9H2,1H3. The van der Waals surface area contributed by atoms with Gasteiger partial charge in [-0.25, -0.2) is 17.5 Å². The van der Waals surface area contributed by atoms with Crippen LogP contribution in [0.5, 0.6) is 5.75 Å². The number of aromatic hydroxyl groups is 1. The van der Waals surface area contributed by atoms with E-state index in [0.29, 0.717) is 17.8 Å². The highest BCUT2D eigenvalue weighted by Crippen LogP contribution is 2.18. The molecule has 0 unspecified atom stereocenters. The molecule has 0 radical (unpaired) electrons. The molecule has 3 N–H and O–H groups in total. The van der Waals surface area contributed by atoms with E-state index in [-0.39, 0.29) is 10.6 Å². The Morgan fingerprint density at radius 3 is 2.38 bits per heavy atom. The molecular formula is C14H15FN2O3S. The van der Waals surface area contributed by atoms with Gasteiger partial charge in [-0.2, -0.15) is 0 Å². The summed E-state index contributed by atoms with van der Waals surface area (Å²) in [6, 6.07) is 10.3. The second kappa shape index (κ2) is 6.11. The molecule has 0 spiro atoms. The van der Waals surface area contributed by atoms with Crippen LogP contribution in [0.1, 0.15) is 5.56 Å². The minimum absolute atomic E-state index is 0.172. The van der Waals surface area contributed by atoms with Crippen LogP contribution in [0.4, 0.5) is 10.1 Å². The molecule has 0 heterocycles. The average Bonchev–Trinajstić information content (AvgIpc) is 2.49. The number of phenols is 1. The van der Waals surface area contributed by atoms with Gasteiger partial charge in [0.1, 0.15) is 0 Å². The van der Waals surface area contributed by atoms with Gasteiger partial charge in [-0.15, -0.1) is 0 Å². The van der Waals surface area contributed by atoms with Crippen LogP contribution in [0.2, 0.25) is 0 Å². The summed E-state index contributed by atoms with van der Waals surface area (Å²) >= 11 is 0. The maximum Gasteiger partial charge on any atom is 0.240 e. The quantitative estimate of drug-likeness (QED) is 0.790. The first kappa shape index (κ1) is 15.3. The van der Waals surface area contributed by atoms with Gasteiger partial charge < -0.3 is 10.4 Å². The maximum atomic E-state index is 13.2. The summed E-state index contributed by atoms with van der Waals surface area (Å²) in [7, 11) is -2.10. The van der Waals surface area contributed by atoms with Gasteiger partial charge in [0.15, 0.2) is 11.6 Å². The predicted octanol–water partition coefficient (Wildman–Crippen LogP) is 2.05. The summed E-state index contributed by atoms with van der Waals surface area (Å²) < 4.78 is 38.5. The van der Waals surface area contributed by atoms with Crippen molar-refractivity contribution in [2.75, 3.05) is 12.4 Å². The second-order valence-corrected chi connectivity index (χ2v) is 6.26. The number of benzene rings is 2. The molecule has 0 saturated carbocycles. The van der Waals surface area contributed by atoms with E-state index in [1.165, 1.54) is 31.3 Å². The highest BCUT2D eigenvalue weighted by atomic mass is 32.2. The van der Waals surface area contributed by atoms with Crippen molar-refractivity contribution in [3.8, 4) is 5.75 Å². The minimum Gasteiger partial charge on any atom is -0.505 e. The van der Waals surface area contributed by atoms with Gasteiger partial charge in [0.25, 0.3) is 0 Å². The summed E-state index contributed by atoms with van der Waals surface area (Å²) in [6.07, 6.45) is 0. The number of nitrogens with one attached hydrogen (secondary N) is 2. The van der Waals surface area contributed by atoms with Gasteiger partial charge in [0.05, 0.1) is 4.90 Å². The van der Waals surface area contributed by atoms with Crippen molar-refractivity contribution in [1.29, 1.82) is 0 Å². The SMILES string of the molecule is CNS(=O)(=O)c1ccc(NCc2ccc(O)c(F)c2)cc1. The highest BCUT2D eigenvalue weighted by molar-refractivity contribution is 7.89. The van der Waals surface area contributed by atoms with Gasteiger partial charge in [0, 0.05) is 12.2 Å². The Balaban J connectivity index is 2.05. The van der Waals surface area contributed by atoms with Crippen LogP contribution < -0.4 is 10.0 Å². The molecule has 0 aliphatic rings. The van der Waals surface area contributed by atoms with Gasteiger partial charge in [-0.05, 0) is 49.0 Å². The molecule has 0 atom stereocenters. The summed E-state index contributed by atoms with van der Waals surface area (Å²) in [6.45, 7) is 0.356. The smallest absolute Gasteiger partial charge is 0.240 e. The molecule has 0 bridgehead atoms. The van der Waals surface area contributed by atoms with E-state index >= 15 is 0 Å². The number of rotatable bonds is 5. The van der Waals surface area contributed by atoms with Gasteiger partial charge in [0.2, 0.25) is 10.0 Å². The zero-order valence-electron chi connectivity index (χ0n) is 11.3. The molecule has 0 amide bonds. The van der Waals surface area contributed by atoms with E-state index in [0.717, 1.165) is 0 Å². The van der Waals surface area contributed by atoms with Crippen LogP contribution in [0.25, 0.3) is 0 Å². The molecule has 2 aromatic carbocycles. The van der Waals surface area contributed by atoms with Gasteiger partial charge in [-0.1, -0.05) is 6.07 Å². The Bertz CT molecular complexity index is 730. The van der Waals surface area contributed by atoms with Crippen molar-refractivity contribution in [3.05, 3.63) is 53.8 Å². The molecule has 5 nitrogen and oxygen atoms in total. The van der Waals surface area contributed by atoms with E-state index < -0.39 is 15.8 Å². The molecule has 2 aromatic rings. The zero-order valence-corrected chi connectivity index (χ0v) is 12.1. The lowest BCUT2D eigenvalue weighted by molar-refractivity contribution is 0.432. The third kappa shape index (κ3) is 3.71. The Kier molecular flexibility index (Phi) is 4.44. The fraction of sp³-hybridized carbons (Fsp3) is 0.143. The van der Waals surface area contributed by atoms with Gasteiger partial charge in [-0.3, -0.25) is 0 Å². The number of hydrogen-bond acceptors (Lipinski definition) is 4. The number of halogens is 1. The number of hydrogen-bond donors (Lipinski definition) is 3. The minimum atomic E-state index is -3.45. The van der Waals surface area contributed by atoms with Crippen molar-refractivity contribution >= 4 is 15.7 Å². The Morgan fingerprint density at radius 1 is 1.14 bits per heavy atom. The fourth-order valence-electron chi connectivity index (χ4n) is 1.73. The van der Waals surface area contributed by atoms with Crippen molar-refractivity contribution in [2.45, 2.75) is 11.4 Å². The summed E-state index contributed by atoms with van der Waals surface area (Å²) in [5.74, 6) is -1.06. The van der Waals surface area contributed by atoms with Crippen molar-refractivity contribution in [2.24, 2.45) is 0 Å². The molecule has 112 valence electrons.